The molecule has 2 saturated heterocycles. The van der Waals surface area contributed by atoms with Crippen molar-refractivity contribution in [2.24, 2.45) is 0 Å². The summed E-state index contributed by atoms with van der Waals surface area (Å²) in [5.41, 5.74) is -1.02. The van der Waals surface area contributed by atoms with Crippen molar-refractivity contribution in [2.75, 3.05) is 13.1 Å². The first-order chi connectivity index (χ1) is 9.22. The van der Waals surface area contributed by atoms with Crippen molar-refractivity contribution in [1.29, 1.82) is 0 Å². The van der Waals surface area contributed by atoms with Gasteiger partial charge >= 0.3 is 12.2 Å². The van der Waals surface area contributed by atoms with Crippen LogP contribution >= 0.6 is 0 Å². The van der Waals surface area contributed by atoms with Gasteiger partial charge in [0.05, 0.1) is 6.42 Å². The molecule has 9 heteroatoms. The summed E-state index contributed by atoms with van der Waals surface area (Å²) in [6, 6.07) is -0.577. The number of nitrogens with zero attached hydrogens (tertiary/aromatic N) is 1. The molecule has 0 bridgehead atoms. The molecule has 2 fully saturated rings. The number of piperidine rings is 1. The number of amides is 4. The predicted molar refractivity (Wildman–Crippen MR) is 60.5 cm³/mol. The fourth-order valence-electron chi connectivity index (χ4n) is 2.42. The van der Waals surface area contributed by atoms with Gasteiger partial charge in [0, 0.05) is 19.5 Å². The van der Waals surface area contributed by atoms with Crippen LogP contribution in [-0.2, 0) is 9.59 Å². The highest BCUT2D eigenvalue weighted by atomic mass is 19.4. The zero-order chi connectivity index (χ0) is 15.0. The fourth-order valence-corrected chi connectivity index (χ4v) is 2.42. The average Bonchev–Trinajstić information content (AvgIpc) is 2.61. The van der Waals surface area contributed by atoms with Crippen molar-refractivity contribution in [1.82, 2.24) is 15.5 Å². The first-order valence-electron chi connectivity index (χ1n) is 6.20. The molecule has 20 heavy (non-hydrogen) atoms. The Labute approximate surface area is 112 Å². The van der Waals surface area contributed by atoms with Crippen LogP contribution in [0.25, 0.3) is 0 Å². The normalized spacial score (nSPS) is 21.9. The zero-order valence-electron chi connectivity index (χ0n) is 10.5. The third-order valence-corrected chi connectivity index (χ3v) is 3.61. The largest absolute Gasteiger partial charge is 0.389 e. The van der Waals surface area contributed by atoms with Crippen LogP contribution in [0.4, 0.5) is 18.0 Å². The van der Waals surface area contributed by atoms with Crippen LogP contribution in [0.3, 0.4) is 0 Å². The molecule has 112 valence electrons. The molecular formula is C11H14F3N3O3. The Morgan fingerprint density at radius 2 is 1.85 bits per heavy atom. The van der Waals surface area contributed by atoms with Crippen LogP contribution in [0, 0.1) is 0 Å². The van der Waals surface area contributed by atoms with Crippen molar-refractivity contribution >= 4 is 17.8 Å². The highest BCUT2D eigenvalue weighted by molar-refractivity contribution is 6.07. The Bertz CT molecular complexity index is 442. The number of imide groups is 1. The van der Waals surface area contributed by atoms with E-state index in [4.69, 9.17) is 0 Å². The predicted octanol–water partition coefficient (Wildman–Crippen LogP) is 0.529. The minimum absolute atomic E-state index is 0.157. The number of carbonyl (C=O) groups is 3. The first kappa shape index (κ1) is 14.6. The number of halogens is 3. The lowest BCUT2D eigenvalue weighted by atomic mass is 9.87. The number of likely N-dealkylation sites (tertiary alicyclic amines) is 1. The second-order valence-electron chi connectivity index (χ2n) is 4.99. The maximum Gasteiger partial charge on any atom is 0.389 e. The molecule has 2 rings (SSSR count). The summed E-state index contributed by atoms with van der Waals surface area (Å²) in [6.45, 7) is 0.314. The number of alkyl halides is 3. The summed E-state index contributed by atoms with van der Waals surface area (Å²) in [4.78, 5) is 35.7. The fraction of sp³-hybridized carbons (Fsp3) is 0.727. The Kier molecular flexibility index (Phi) is 3.61. The smallest absolute Gasteiger partial charge is 0.342 e. The minimum Gasteiger partial charge on any atom is -0.342 e. The van der Waals surface area contributed by atoms with Gasteiger partial charge in [-0.3, -0.25) is 14.9 Å². The van der Waals surface area contributed by atoms with Crippen molar-refractivity contribution in [2.45, 2.75) is 37.4 Å². The molecule has 4 amide bonds. The molecular weight excluding hydrogens is 279 g/mol. The molecule has 0 aliphatic carbocycles. The summed E-state index contributed by atoms with van der Waals surface area (Å²) in [6.07, 6.45) is -5.67. The summed E-state index contributed by atoms with van der Waals surface area (Å²) in [5.74, 6) is -1.02. The average molecular weight is 293 g/mol. The third kappa shape index (κ3) is 3.02. The number of urea groups is 1. The summed E-state index contributed by atoms with van der Waals surface area (Å²) >= 11 is 0. The van der Waals surface area contributed by atoms with Crippen molar-refractivity contribution in [3.63, 3.8) is 0 Å². The zero-order valence-corrected chi connectivity index (χ0v) is 10.5. The molecule has 1 spiro atoms. The van der Waals surface area contributed by atoms with Crippen LogP contribution in [0.1, 0.15) is 25.7 Å². The molecule has 0 unspecified atom stereocenters. The van der Waals surface area contributed by atoms with Gasteiger partial charge in [0.25, 0.3) is 5.91 Å². The van der Waals surface area contributed by atoms with Crippen LogP contribution in [0.15, 0.2) is 0 Å². The highest BCUT2D eigenvalue weighted by Crippen LogP contribution is 2.27. The molecule has 2 aliphatic heterocycles. The molecule has 0 radical (unpaired) electrons. The van der Waals surface area contributed by atoms with Gasteiger partial charge in [0.15, 0.2) is 0 Å². The number of rotatable bonds is 2. The lowest BCUT2D eigenvalue weighted by Gasteiger charge is -2.37. The molecule has 2 heterocycles. The van der Waals surface area contributed by atoms with E-state index in [1.807, 2.05) is 0 Å². The Hall–Kier alpha value is -1.80. The molecule has 0 aromatic rings. The quantitative estimate of drug-likeness (QED) is 0.729. The topological polar surface area (TPSA) is 78.5 Å². The van der Waals surface area contributed by atoms with E-state index in [1.165, 1.54) is 4.90 Å². The maximum absolute atomic E-state index is 12.0. The summed E-state index contributed by atoms with van der Waals surface area (Å²) < 4.78 is 36.1. The lowest BCUT2D eigenvalue weighted by Crippen LogP contribution is -2.55. The first-order valence-corrected chi connectivity index (χ1v) is 6.20. The van der Waals surface area contributed by atoms with Crippen LogP contribution < -0.4 is 10.6 Å². The van der Waals surface area contributed by atoms with E-state index in [1.54, 1.807) is 0 Å². The molecule has 0 atom stereocenters. The standard InChI is InChI=1S/C11H14F3N3O3/c12-11(13,14)2-1-7(18)17-5-3-10(4-6-17)8(19)15-9(20)16-10/h1-6H2,(H2,15,16,19,20). The second kappa shape index (κ2) is 4.95. The van der Waals surface area contributed by atoms with E-state index < -0.39 is 42.4 Å². The van der Waals surface area contributed by atoms with Gasteiger partial charge in [0.2, 0.25) is 5.91 Å². The van der Waals surface area contributed by atoms with E-state index >= 15 is 0 Å². The number of hydrogen-bond acceptors (Lipinski definition) is 3. The minimum atomic E-state index is -4.36. The van der Waals surface area contributed by atoms with E-state index in [9.17, 15) is 27.6 Å². The number of carbonyl (C=O) groups excluding carboxylic acids is 3. The van der Waals surface area contributed by atoms with Crippen molar-refractivity contribution in [3.05, 3.63) is 0 Å². The molecule has 2 N–H and O–H groups in total. The van der Waals surface area contributed by atoms with Crippen LogP contribution in [0.5, 0.6) is 0 Å². The maximum atomic E-state index is 12.0. The molecule has 6 nitrogen and oxygen atoms in total. The Morgan fingerprint density at radius 3 is 2.30 bits per heavy atom. The molecule has 0 aromatic heterocycles. The molecule has 2 aliphatic rings. The van der Waals surface area contributed by atoms with Gasteiger partial charge in [-0.2, -0.15) is 13.2 Å². The molecule has 0 aromatic carbocycles. The van der Waals surface area contributed by atoms with Gasteiger partial charge in [-0.1, -0.05) is 0 Å². The summed E-state index contributed by atoms with van der Waals surface area (Å²) in [7, 11) is 0. The van der Waals surface area contributed by atoms with Crippen molar-refractivity contribution in [3.8, 4) is 0 Å². The van der Waals surface area contributed by atoms with Crippen LogP contribution in [0.2, 0.25) is 0 Å². The Morgan fingerprint density at radius 1 is 1.25 bits per heavy atom. The monoisotopic (exact) mass is 293 g/mol. The van der Waals surface area contributed by atoms with Gasteiger partial charge in [-0.25, -0.2) is 4.79 Å². The van der Waals surface area contributed by atoms with Gasteiger partial charge in [-0.15, -0.1) is 0 Å². The Balaban J connectivity index is 1.87. The van der Waals surface area contributed by atoms with Gasteiger partial charge in [0.1, 0.15) is 5.54 Å². The lowest BCUT2D eigenvalue weighted by molar-refractivity contribution is -0.150. The van der Waals surface area contributed by atoms with E-state index in [-0.39, 0.29) is 25.9 Å². The van der Waals surface area contributed by atoms with Gasteiger partial charge < -0.3 is 10.2 Å². The van der Waals surface area contributed by atoms with Gasteiger partial charge in [-0.05, 0) is 12.8 Å². The van der Waals surface area contributed by atoms with E-state index in [2.05, 4.69) is 10.6 Å². The van der Waals surface area contributed by atoms with E-state index in [0.29, 0.717) is 0 Å². The van der Waals surface area contributed by atoms with E-state index in [0.717, 1.165) is 0 Å². The second-order valence-corrected chi connectivity index (χ2v) is 4.99. The number of hydrogen-bond donors (Lipinski definition) is 2. The highest BCUT2D eigenvalue weighted by Gasteiger charge is 2.48. The van der Waals surface area contributed by atoms with Crippen molar-refractivity contribution < 1.29 is 27.6 Å². The summed E-state index contributed by atoms with van der Waals surface area (Å²) in [5, 5.41) is 4.64. The SMILES string of the molecule is O=C1NC(=O)C2(CCN(C(=O)CCC(F)(F)F)CC2)N1. The van der Waals surface area contributed by atoms with Crippen LogP contribution in [-0.4, -0.2) is 47.6 Å². The number of nitrogens with one attached hydrogen (secondary N) is 2. The molecule has 0 saturated carbocycles. The third-order valence-electron chi connectivity index (χ3n) is 3.61.